The smallest absolute Gasteiger partial charge is 0.274 e. The summed E-state index contributed by atoms with van der Waals surface area (Å²) < 4.78 is 0. The van der Waals surface area contributed by atoms with Crippen LogP contribution in [0.2, 0.25) is 0 Å². The molecule has 1 heterocycles. The van der Waals surface area contributed by atoms with Crippen molar-refractivity contribution in [3.8, 4) is 0 Å². The number of hydrogen-bond donors (Lipinski definition) is 1. The minimum absolute atomic E-state index is 0.0390. The second-order valence-electron chi connectivity index (χ2n) is 6.49. The van der Waals surface area contributed by atoms with Crippen LogP contribution in [-0.2, 0) is 9.59 Å². The van der Waals surface area contributed by atoms with Gasteiger partial charge in [0.1, 0.15) is 0 Å². The molecule has 7 nitrogen and oxygen atoms in total. The van der Waals surface area contributed by atoms with E-state index in [4.69, 9.17) is 0 Å². The Hall–Kier alpha value is -3.22. The first-order valence-corrected chi connectivity index (χ1v) is 8.28. The van der Waals surface area contributed by atoms with E-state index < -0.39 is 10.8 Å². The summed E-state index contributed by atoms with van der Waals surface area (Å²) in [5.74, 6) is -0.942. The Morgan fingerprint density at radius 3 is 2.54 bits per heavy atom. The molecule has 1 fully saturated rings. The van der Waals surface area contributed by atoms with E-state index in [1.54, 1.807) is 19.1 Å². The molecule has 0 aromatic heterocycles. The molecule has 0 spiro atoms. The van der Waals surface area contributed by atoms with Gasteiger partial charge in [-0.15, -0.1) is 0 Å². The average Bonchev–Trinajstić information content (AvgIpc) is 2.99. The number of rotatable bonds is 4. The van der Waals surface area contributed by atoms with E-state index in [1.165, 1.54) is 11.0 Å². The molecule has 1 atom stereocenters. The lowest BCUT2D eigenvalue weighted by molar-refractivity contribution is -0.385. The van der Waals surface area contributed by atoms with E-state index in [0.717, 1.165) is 5.56 Å². The number of carbonyl (C=O) groups excluding carboxylic acids is 2. The lowest BCUT2D eigenvalue weighted by Crippen LogP contribution is -2.28. The Kier molecular flexibility index (Phi) is 4.71. The molecule has 7 heteroatoms. The maximum Gasteiger partial charge on any atom is 0.274 e. The van der Waals surface area contributed by atoms with Gasteiger partial charge in [-0.1, -0.05) is 23.8 Å². The molecule has 0 radical (unpaired) electrons. The van der Waals surface area contributed by atoms with Gasteiger partial charge in [-0.3, -0.25) is 19.7 Å². The van der Waals surface area contributed by atoms with Crippen molar-refractivity contribution in [1.29, 1.82) is 0 Å². The number of carbonyl (C=O) groups is 2. The number of nitro benzene ring substituents is 1. The number of amides is 2. The van der Waals surface area contributed by atoms with Gasteiger partial charge in [0, 0.05) is 30.3 Å². The molecular formula is C19H19N3O4. The summed E-state index contributed by atoms with van der Waals surface area (Å²) in [5.41, 5.74) is 2.70. The van der Waals surface area contributed by atoms with E-state index in [2.05, 4.69) is 5.32 Å². The monoisotopic (exact) mass is 353 g/mol. The molecule has 2 aromatic rings. The van der Waals surface area contributed by atoms with E-state index in [0.29, 0.717) is 16.9 Å². The number of nitrogens with one attached hydrogen (secondary N) is 1. The van der Waals surface area contributed by atoms with Crippen LogP contribution in [0.15, 0.2) is 42.5 Å². The topological polar surface area (TPSA) is 92.6 Å². The summed E-state index contributed by atoms with van der Waals surface area (Å²) in [6, 6.07) is 12.1. The van der Waals surface area contributed by atoms with Crippen LogP contribution in [0.3, 0.4) is 0 Å². The lowest BCUT2D eigenvalue weighted by Gasteiger charge is -2.17. The van der Waals surface area contributed by atoms with Gasteiger partial charge < -0.3 is 10.2 Å². The molecule has 3 rings (SSSR count). The largest absolute Gasteiger partial charge is 0.326 e. The summed E-state index contributed by atoms with van der Waals surface area (Å²) >= 11 is 0. The summed E-state index contributed by atoms with van der Waals surface area (Å²) in [4.78, 5) is 36.9. The minimum atomic E-state index is -0.496. The number of benzene rings is 2. The molecule has 0 unspecified atom stereocenters. The van der Waals surface area contributed by atoms with E-state index in [-0.39, 0.29) is 30.5 Å². The summed E-state index contributed by atoms with van der Waals surface area (Å²) in [5, 5.41) is 13.9. The van der Waals surface area contributed by atoms with Crippen molar-refractivity contribution in [2.75, 3.05) is 16.8 Å². The quantitative estimate of drug-likeness (QED) is 0.675. The average molecular weight is 353 g/mol. The van der Waals surface area contributed by atoms with Crippen LogP contribution in [0.5, 0.6) is 0 Å². The first kappa shape index (κ1) is 17.6. The zero-order valence-corrected chi connectivity index (χ0v) is 14.6. The van der Waals surface area contributed by atoms with Crippen LogP contribution in [0, 0.1) is 29.9 Å². The van der Waals surface area contributed by atoms with Gasteiger partial charge in [-0.05, 0) is 32.0 Å². The maximum absolute atomic E-state index is 12.5. The second kappa shape index (κ2) is 6.95. The van der Waals surface area contributed by atoms with Gasteiger partial charge >= 0.3 is 0 Å². The molecule has 0 saturated carbocycles. The third kappa shape index (κ3) is 3.56. The highest BCUT2D eigenvalue weighted by Gasteiger charge is 2.35. The third-order valence-corrected chi connectivity index (χ3v) is 4.52. The molecule has 2 aromatic carbocycles. The zero-order valence-electron chi connectivity index (χ0n) is 14.6. The van der Waals surface area contributed by atoms with Gasteiger partial charge in [0.25, 0.3) is 5.69 Å². The Morgan fingerprint density at radius 1 is 1.19 bits per heavy atom. The number of nitrogens with zero attached hydrogens (tertiary/aromatic N) is 2. The zero-order chi connectivity index (χ0) is 18.8. The van der Waals surface area contributed by atoms with Crippen molar-refractivity contribution in [3.05, 3.63) is 63.7 Å². The molecular weight excluding hydrogens is 334 g/mol. The van der Waals surface area contributed by atoms with Gasteiger partial charge in [-0.25, -0.2) is 0 Å². The summed E-state index contributed by atoms with van der Waals surface area (Å²) in [6.07, 6.45) is 0.0827. The molecule has 1 N–H and O–H groups in total. The highest BCUT2D eigenvalue weighted by molar-refractivity contribution is 6.03. The van der Waals surface area contributed by atoms with Crippen molar-refractivity contribution in [2.45, 2.75) is 20.3 Å². The Bertz CT molecular complexity index is 877. The molecule has 0 bridgehead atoms. The Labute approximate surface area is 150 Å². The molecule has 1 aliphatic heterocycles. The normalized spacial score (nSPS) is 16.6. The number of anilines is 2. The van der Waals surface area contributed by atoms with Crippen molar-refractivity contribution >= 4 is 28.9 Å². The molecule has 0 aliphatic carbocycles. The molecule has 26 heavy (non-hydrogen) atoms. The molecule has 134 valence electrons. The lowest BCUT2D eigenvalue weighted by atomic mass is 10.1. The van der Waals surface area contributed by atoms with Crippen LogP contribution in [0.1, 0.15) is 17.5 Å². The van der Waals surface area contributed by atoms with Crippen LogP contribution in [-0.4, -0.2) is 23.3 Å². The van der Waals surface area contributed by atoms with E-state index >= 15 is 0 Å². The third-order valence-electron chi connectivity index (χ3n) is 4.52. The van der Waals surface area contributed by atoms with Crippen LogP contribution < -0.4 is 10.2 Å². The van der Waals surface area contributed by atoms with Crippen LogP contribution in [0.25, 0.3) is 0 Å². The van der Waals surface area contributed by atoms with Crippen LogP contribution >= 0.6 is 0 Å². The first-order chi connectivity index (χ1) is 12.3. The van der Waals surface area contributed by atoms with Crippen molar-refractivity contribution in [3.63, 3.8) is 0 Å². The summed E-state index contributed by atoms with van der Waals surface area (Å²) in [7, 11) is 0. The first-order valence-electron chi connectivity index (χ1n) is 8.28. The second-order valence-corrected chi connectivity index (χ2v) is 6.49. The number of nitro groups is 1. The SMILES string of the molecule is Cc1ccc(NC(=O)[C@H]2CC(=O)N(c3ccc(C)c([N+](=O)[O-])c3)C2)cc1. The standard InChI is InChI=1S/C19H19N3O4/c1-12-3-6-15(7-4-12)20-19(24)14-9-18(23)21(11-14)16-8-5-13(2)17(10-16)22(25)26/h3-8,10,14H,9,11H2,1-2H3,(H,20,24)/t14-/m0/s1. The predicted molar refractivity (Wildman–Crippen MR) is 98.1 cm³/mol. The Morgan fingerprint density at radius 2 is 1.88 bits per heavy atom. The van der Waals surface area contributed by atoms with Crippen molar-refractivity contribution in [1.82, 2.24) is 0 Å². The minimum Gasteiger partial charge on any atom is -0.326 e. The highest BCUT2D eigenvalue weighted by Crippen LogP contribution is 2.30. The van der Waals surface area contributed by atoms with Crippen LogP contribution in [0.4, 0.5) is 17.1 Å². The van der Waals surface area contributed by atoms with Gasteiger partial charge in [0.15, 0.2) is 0 Å². The van der Waals surface area contributed by atoms with Gasteiger partial charge in [-0.2, -0.15) is 0 Å². The maximum atomic E-state index is 12.5. The number of hydrogen-bond acceptors (Lipinski definition) is 4. The van der Waals surface area contributed by atoms with Gasteiger partial charge in [0.05, 0.1) is 16.5 Å². The predicted octanol–water partition coefficient (Wildman–Crippen LogP) is 3.20. The Balaban J connectivity index is 1.74. The van der Waals surface area contributed by atoms with E-state index in [9.17, 15) is 19.7 Å². The number of aryl methyl sites for hydroxylation is 2. The van der Waals surface area contributed by atoms with Gasteiger partial charge in [0.2, 0.25) is 11.8 Å². The molecule has 1 saturated heterocycles. The molecule has 1 aliphatic rings. The van der Waals surface area contributed by atoms with E-state index in [1.807, 2.05) is 31.2 Å². The fourth-order valence-corrected chi connectivity index (χ4v) is 2.98. The summed E-state index contributed by atoms with van der Waals surface area (Å²) in [6.45, 7) is 3.81. The highest BCUT2D eigenvalue weighted by atomic mass is 16.6. The fourth-order valence-electron chi connectivity index (χ4n) is 2.98. The molecule has 2 amide bonds. The van der Waals surface area contributed by atoms with Crippen molar-refractivity contribution < 1.29 is 14.5 Å². The fraction of sp³-hybridized carbons (Fsp3) is 0.263. The van der Waals surface area contributed by atoms with Crippen molar-refractivity contribution in [2.24, 2.45) is 5.92 Å².